The second-order valence-corrected chi connectivity index (χ2v) is 4.99. The van der Waals surface area contributed by atoms with E-state index in [4.69, 9.17) is 0 Å². The number of benzene rings is 1. The van der Waals surface area contributed by atoms with Crippen LogP contribution in [-0.4, -0.2) is 47.9 Å². The summed E-state index contributed by atoms with van der Waals surface area (Å²) in [7, 11) is 0. The molecule has 4 nitrogen and oxygen atoms in total. The second kappa shape index (κ2) is 7.48. The average molecular weight is 266 g/mol. The number of nitrogens with one attached hydrogen (secondary N) is 1. The van der Waals surface area contributed by atoms with Crippen molar-refractivity contribution in [1.29, 1.82) is 0 Å². The third kappa shape index (κ3) is 4.49. The van der Waals surface area contributed by atoms with Gasteiger partial charge in [-0.2, -0.15) is 0 Å². The molecule has 0 amide bonds. The van der Waals surface area contributed by atoms with E-state index >= 15 is 0 Å². The van der Waals surface area contributed by atoms with E-state index in [9.17, 15) is 10.2 Å². The van der Waals surface area contributed by atoms with Gasteiger partial charge >= 0.3 is 0 Å². The van der Waals surface area contributed by atoms with Crippen LogP contribution in [0.3, 0.4) is 0 Å². The first-order chi connectivity index (χ1) is 9.05. The molecule has 108 valence electrons. The normalized spacial score (nSPS) is 14.6. The van der Waals surface area contributed by atoms with Crippen LogP contribution in [0.15, 0.2) is 24.3 Å². The number of aliphatic hydroxyl groups is 1. The lowest BCUT2D eigenvalue weighted by Crippen LogP contribution is -2.46. The van der Waals surface area contributed by atoms with Gasteiger partial charge in [-0.05, 0) is 37.7 Å². The van der Waals surface area contributed by atoms with E-state index < -0.39 is 5.54 Å². The van der Waals surface area contributed by atoms with Gasteiger partial charge in [-0.15, -0.1) is 0 Å². The maximum atomic E-state index is 9.65. The van der Waals surface area contributed by atoms with Gasteiger partial charge in [0.1, 0.15) is 5.75 Å². The molecule has 0 aromatic heterocycles. The Labute approximate surface area is 116 Å². The van der Waals surface area contributed by atoms with Crippen LogP contribution in [0, 0.1) is 0 Å². The van der Waals surface area contributed by atoms with Crippen LogP contribution in [0.2, 0.25) is 0 Å². The Bertz CT molecular complexity index is 380. The third-order valence-electron chi connectivity index (χ3n) is 3.64. The minimum atomic E-state index is -0.522. The standard InChI is InChI=1S/C15H26N2O2/c1-4-17(5-2)10-9-16-15(3,12-18)13-7-6-8-14(19)11-13/h6-8,11,16,18-19H,4-5,9-10,12H2,1-3H3. The van der Waals surface area contributed by atoms with Crippen molar-refractivity contribution in [3.05, 3.63) is 29.8 Å². The Morgan fingerprint density at radius 3 is 2.47 bits per heavy atom. The Morgan fingerprint density at radius 2 is 1.95 bits per heavy atom. The molecule has 1 aromatic carbocycles. The van der Waals surface area contributed by atoms with Crippen LogP contribution < -0.4 is 5.32 Å². The largest absolute Gasteiger partial charge is 0.508 e. The molecule has 0 heterocycles. The molecule has 1 atom stereocenters. The first kappa shape index (κ1) is 16.0. The van der Waals surface area contributed by atoms with Gasteiger partial charge in [0, 0.05) is 13.1 Å². The molecule has 4 heteroatoms. The van der Waals surface area contributed by atoms with Crippen LogP contribution in [0.1, 0.15) is 26.3 Å². The monoisotopic (exact) mass is 266 g/mol. The topological polar surface area (TPSA) is 55.7 Å². The Hall–Kier alpha value is -1.10. The molecule has 0 spiro atoms. The molecule has 0 fully saturated rings. The molecule has 0 bridgehead atoms. The van der Waals surface area contributed by atoms with E-state index in [-0.39, 0.29) is 12.4 Å². The molecule has 1 unspecified atom stereocenters. The van der Waals surface area contributed by atoms with Gasteiger partial charge in [0.15, 0.2) is 0 Å². The highest BCUT2D eigenvalue weighted by Gasteiger charge is 2.25. The molecule has 0 aliphatic rings. The number of phenols is 1. The smallest absolute Gasteiger partial charge is 0.115 e. The summed E-state index contributed by atoms with van der Waals surface area (Å²) in [6.45, 7) is 10.0. The van der Waals surface area contributed by atoms with Crippen LogP contribution in [-0.2, 0) is 5.54 Å². The molecule has 0 saturated heterocycles. The number of phenolic OH excluding ortho intramolecular Hbond substituents is 1. The van der Waals surface area contributed by atoms with Crippen molar-refractivity contribution in [1.82, 2.24) is 10.2 Å². The van der Waals surface area contributed by atoms with E-state index in [2.05, 4.69) is 24.1 Å². The van der Waals surface area contributed by atoms with Crippen molar-refractivity contribution >= 4 is 0 Å². The quantitative estimate of drug-likeness (QED) is 0.668. The number of nitrogens with zero attached hydrogens (tertiary/aromatic N) is 1. The van der Waals surface area contributed by atoms with Crippen molar-refractivity contribution in [2.75, 3.05) is 32.8 Å². The van der Waals surface area contributed by atoms with Crippen LogP contribution in [0.5, 0.6) is 5.75 Å². The van der Waals surface area contributed by atoms with Gasteiger partial charge in [-0.25, -0.2) is 0 Å². The lowest BCUT2D eigenvalue weighted by Gasteiger charge is -2.31. The fraction of sp³-hybridized carbons (Fsp3) is 0.600. The van der Waals surface area contributed by atoms with Crippen molar-refractivity contribution in [3.8, 4) is 5.75 Å². The zero-order valence-corrected chi connectivity index (χ0v) is 12.2. The van der Waals surface area contributed by atoms with Crippen LogP contribution >= 0.6 is 0 Å². The van der Waals surface area contributed by atoms with Crippen LogP contribution in [0.4, 0.5) is 0 Å². The van der Waals surface area contributed by atoms with Gasteiger partial charge in [-0.3, -0.25) is 0 Å². The zero-order valence-electron chi connectivity index (χ0n) is 12.2. The maximum Gasteiger partial charge on any atom is 0.115 e. The van der Waals surface area contributed by atoms with Gasteiger partial charge in [0.05, 0.1) is 12.1 Å². The molecule has 1 aromatic rings. The van der Waals surface area contributed by atoms with Gasteiger partial charge in [0.25, 0.3) is 0 Å². The average Bonchev–Trinajstić information content (AvgIpc) is 2.43. The van der Waals surface area contributed by atoms with E-state index in [1.165, 1.54) is 0 Å². The van der Waals surface area contributed by atoms with Gasteiger partial charge in [0.2, 0.25) is 0 Å². The molecule has 0 aliphatic carbocycles. The lowest BCUT2D eigenvalue weighted by atomic mass is 9.92. The number of rotatable bonds is 8. The van der Waals surface area contributed by atoms with Crippen molar-refractivity contribution in [3.63, 3.8) is 0 Å². The number of aliphatic hydroxyl groups excluding tert-OH is 1. The maximum absolute atomic E-state index is 9.65. The highest BCUT2D eigenvalue weighted by molar-refractivity contribution is 5.32. The first-order valence-corrected chi connectivity index (χ1v) is 6.93. The number of hydrogen-bond donors (Lipinski definition) is 3. The SMILES string of the molecule is CCN(CC)CCNC(C)(CO)c1cccc(O)c1. The van der Waals surface area contributed by atoms with E-state index in [1.54, 1.807) is 18.2 Å². The lowest BCUT2D eigenvalue weighted by molar-refractivity contribution is 0.168. The summed E-state index contributed by atoms with van der Waals surface area (Å²) < 4.78 is 0. The Morgan fingerprint density at radius 1 is 1.26 bits per heavy atom. The summed E-state index contributed by atoms with van der Waals surface area (Å²) in [5.41, 5.74) is 0.376. The summed E-state index contributed by atoms with van der Waals surface area (Å²) >= 11 is 0. The predicted molar refractivity (Wildman–Crippen MR) is 78.3 cm³/mol. The zero-order chi connectivity index (χ0) is 14.3. The molecule has 0 aliphatic heterocycles. The second-order valence-electron chi connectivity index (χ2n) is 4.99. The van der Waals surface area contributed by atoms with Crippen molar-refractivity contribution < 1.29 is 10.2 Å². The van der Waals surface area contributed by atoms with Crippen molar-refractivity contribution in [2.45, 2.75) is 26.3 Å². The summed E-state index contributed by atoms with van der Waals surface area (Å²) in [6, 6.07) is 7.04. The highest BCUT2D eigenvalue weighted by Crippen LogP contribution is 2.23. The minimum absolute atomic E-state index is 0.00525. The van der Waals surface area contributed by atoms with Gasteiger partial charge in [-0.1, -0.05) is 26.0 Å². The molecular formula is C15H26N2O2. The van der Waals surface area contributed by atoms with E-state index in [1.807, 2.05) is 13.0 Å². The first-order valence-electron chi connectivity index (χ1n) is 6.93. The third-order valence-corrected chi connectivity index (χ3v) is 3.64. The number of hydrogen-bond acceptors (Lipinski definition) is 4. The molecule has 0 radical (unpaired) electrons. The summed E-state index contributed by atoms with van der Waals surface area (Å²) in [5, 5.41) is 22.6. The summed E-state index contributed by atoms with van der Waals surface area (Å²) in [5.74, 6) is 0.225. The molecular weight excluding hydrogens is 240 g/mol. The number of aromatic hydroxyl groups is 1. The van der Waals surface area contributed by atoms with Crippen LogP contribution in [0.25, 0.3) is 0 Å². The van der Waals surface area contributed by atoms with E-state index in [0.29, 0.717) is 0 Å². The molecule has 0 saturated carbocycles. The molecule has 19 heavy (non-hydrogen) atoms. The number of likely N-dealkylation sites (N-methyl/N-ethyl adjacent to an activating group) is 1. The van der Waals surface area contributed by atoms with Gasteiger partial charge < -0.3 is 20.4 Å². The fourth-order valence-electron chi connectivity index (χ4n) is 2.13. The minimum Gasteiger partial charge on any atom is -0.508 e. The summed E-state index contributed by atoms with van der Waals surface area (Å²) in [4.78, 5) is 2.33. The summed E-state index contributed by atoms with van der Waals surface area (Å²) in [6.07, 6.45) is 0. The van der Waals surface area contributed by atoms with Crippen molar-refractivity contribution in [2.24, 2.45) is 0 Å². The highest BCUT2D eigenvalue weighted by atomic mass is 16.3. The molecule has 3 N–H and O–H groups in total. The Kier molecular flexibility index (Phi) is 6.28. The van der Waals surface area contributed by atoms with E-state index in [0.717, 1.165) is 31.7 Å². The predicted octanol–water partition coefficient (Wildman–Crippen LogP) is 1.53. The molecule has 1 rings (SSSR count). The Balaban J connectivity index is 2.65. The fourth-order valence-corrected chi connectivity index (χ4v) is 2.13.